The topological polar surface area (TPSA) is 114 Å². The van der Waals surface area contributed by atoms with Crippen LogP contribution in [0.2, 0.25) is 0 Å². The Morgan fingerprint density at radius 1 is 1.30 bits per heavy atom. The molecule has 33 heavy (non-hydrogen) atoms. The van der Waals surface area contributed by atoms with Crippen molar-refractivity contribution in [2.24, 2.45) is 0 Å². The predicted molar refractivity (Wildman–Crippen MR) is 128 cm³/mol. The van der Waals surface area contributed by atoms with E-state index in [9.17, 15) is 14.4 Å². The highest BCUT2D eigenvalue weighted by atomic mass is 32.1. The first-order valence-corrected chi connectivity index (χ1v) is 11.5. The van der Waals surface area contributed by atoms with Crippen LogP contribution in [0.1, 0.15) is 36.0 Å². The van der Waals surface area contributed by atoms with Gasteiger partial charge in [-0.2, -0.15) is 4.98 Å². The highest BCUT2D eigenvalue weighted by molar-refractivity contribution is 7.12. The molecule has 0 saturated carbocycles. The summed E-state index contributed by atoms with van der Waals surface area (Å²) in [5.74, 6) is -0.0464. The molecule has 0 radical (unpaired) electrons. The van der Waals surface area contributed by atoms with Crippen LogP contribution < -0.4 is 21.2 Å². The number of ketones is 1. The molecule has 4 rings (SSSR count). The molecular weight excluding hydrogens is 444 g/mol. The number of ether oxygens (including phenoxy) is 1. The molecule has 1 aliphatic rings. The molecule has 1 saturated heterocycles. The minimum atomic E-state index is -0.648. The molecule has 3 aromatic rings. The zero-order valence-electron chi connectivity index (χ0n) is 18.9. The average Bonchev–Trinajstić information content (AvgIpc) is 3.28. The minimum absolute atomic E-state index is 0.0464. The fraction of sp³-hybridized carbons (Fsp3) is 0.391. The van der Waals surface area contributed by atoms with Gasteiger partial charge in [-0.1, -0.05) is 6.07 Å². The summed E-state index contributed by atoms with van der Waals surface area (Å²) in [5, 5.41) is 8.01. The Bertz CT molecular complexity index is 1250. The molecule has 1 atom stereocenters. The van der Waals surface area contributed by atoms with Crippen LogP contribution in [0.4, 0.5) is 16.5 Å². The van der Waals surface area contributed by atoms with E-state index in [1.807, 2.05) is 11.4 Å². The van der Waals surface area contributed by atoms with Gasteiger partial charge in [0, 0.05) is 25.3 Å². The van der Waals surface area contributed by atoms with Crippen LogP contribution >= 0.6 is 11.3 Å². The molecular formula is C23H26N4O5S. The van der Waals surface area contributed by atoms with Crippen molar-refractivity contribution in [3.63, 3.8) is 0 Å². The first kappa shape index (κ1) is 22.9. The van der Waals surface area contributed by atoms with Crippen molar-refractivity contribution < 1.29 is 18.7 Å². The molecule has 1 fully saturated rings. The van der Waals surface area contributed by atoms with Crippen LogP contribution in [0, 0.1) is 6.92 Å². The molecule has 1 aliphatic heterocycles. The third-order valence-corrected chi connectivity index (χ3v) is 6.12. The number of Topliss-reactive ketones (excluding diaryl/α,β-unsaturated/α-hetero) is 1. The van der Waals surface area contributed by atoms with E-state index in [-0.39, 0.29) is 17.2 Å². The molecule has 174 valence electrons. The zero-order chi connectivity index (χ0) is 23.8. The van der Waals surface area contributed by atoms with Crippen LogP contribution in [-0.4, -0.2) is 48.1 Å². The summed E-state index contributed by atoms with van der Waals surface area (Å²) in [6.45, 7) is 8.56. The maximum absolute atomic E-state index is 13.0. The van der Waals surface area contributed by atoms with Crippen LogP contribution in [0.3, 0.4) is 0 Å². The number of nitrogens with one attached hydrogen (secondary N) is 2. The maximum Gasteiger partial charge on any atom is 0.412 e. The number of hydrogen-bond donors (Lipinski definition) is 2. The summed E-state index contributed by atoms with van der Waals surface area (Å²) in [6, 6.07) is 6.51. The number of piperazine rings is 1. The van der Waals surface area contributed by atoms with E-state index in [2.05, 4.69) is 15.6 Å². The standard InChI is InChI=1S/C23H26N4O5S/c1-13-14(26-22(30)32-23(2,3)4)7-8-15-18(13)20(29)31-21(25-15)27-10-9-24-12-16(27)19(28)17-6-5-11-33-17/h5-8,11,16,24H,9-10,12H2,1-4H3,(H,26,30). The van der Waals surface area contributed by atoms with E-state index in [4.69, 9.17) is 9.15 Å². The smallest absolute Gasteiger partial charge is 0.412 e. The van der Waals surface area contributed by atoms with Crippen molar-refractivity contribution in [1.29, 1.82) is 0 Å². The Hall–Kier alpha value is -3.24. The number of nitrogens with zero attached hydrogens (tertiary/aromatic N) is 2. The summed E-state index contributed by atoms with van der Waals surface area (Å²) in [5.41, 5.74) is 0.157. The number of carbonyl (C=O) groups is 2. The van der Waals surface area contributed by atoms with E-state index >= 15 is 0 Å². The van der Waals surface area contributed by atoms with E-state index in [1.54, 1.807) is 50.8 Å². The van der Waals surface area contributed by atoms with Crippen LogP contribution in [0.25, 0.3) is 10.9 Å². The van der Waals surface area contributed by atoms with Crippen molar-refractivity contribution in [3.05, 3.63) is 50.5 Å². The van der Waals surface area contributed by atoms with Crippen molar-refractivity contribution in [3.8, 4) is 0 Å². The molecule has 10 heteroatoms. The van der Waals surface area contributed by atoms with Gasteiger partial charge >= 0.3 is 17.7 Å². The molecule has 2 aromatic heterocycles. The van der Waals surface area contributed by atoms with Crippen molar-refractivity contribution in [2.45, 2.75) is 39.3 Å². The first-order chi connectivity index (χ1) is 15.6. The van der Waals surface area contributed by atoms with Gasteiger partial charge in [-0.05, 0) is 56.8 Å². The third-order valence-electron chi connectivity index (χ3n) is 5.24. The van der Waals surface area contributed by atoms with Gasteiger partial charge in [0.1, 0.15) is 11.6 Å². The Morgan fingerprint density at radius 3 is 2.79 bits per heavy atom. The van der Waals surface area contributed by atoms with Crippen molar-refractivity contribution in [1.82, 2.24) is 10.3 Å². The molecule has 0 aliphatic carbocycles. The summed E-state index contributed by atoms with van der Waals surface area (Å²) < 4.78 is 10.9. The number of anilines is 2. The van der Waals surface area contributed by atoms with Gasteiger partial charge in [0.2, 0.25) is 0 Å². The number of benzene rings is 1. The lowest BCUT2D eigenvalue weighted by atomic mass is 10.1. The average molecular weight is 471 g/mol. The van der Waals surface area contributed by atoms with Gasteiger partial charge < -0.3 is 19.4 Å². The van der Waals surface area contributed by atoms with Gasteiger partial charge in [0.15, 0.2) is 5.78 Å². The maximum atomic E-state index is 13.0. The number of carbonyl (C=O) groups excluding carboxylic acids is 2. The van der Waals surface area contributed by atoms with Gasteiger partial charge in [0.05, 0.1) is 15.8 Å². The van der Waals surface area contributed by atoms with Gasteiger partial charge in [-0.15, -0.1) is 11.3 Å². The Kier molecular flexibility index (Phi) is 6.22. The lowest BCUT2D eigenvalue weighted by Crippen LogP contribution is -2.55. The van der Waals surface area contributed by atoms with Crippen LogP contribution in [-0.2, 0) is 4.74 Å². The molecule has 2 N–H and O–H groups in total. The van der Waals surface area contributed by atoms with Crippen molar-refractivity contribution in [2.75, 3.05) is 29.9 Å². The molecule has 1 aromatic carbocycles. The van der Waals surface area contributed by atoms with Crippen LogP contribution in [0.15, 0.2) is 38.9 Å². The lowest BCUT2D eigenvalue weighted by molar-refractivity contribution is 0.0635. The number of aryl methyl sites for hydroxylation is 1. The normalized spacial score (nSPS) is 16.6. The van der Waals surface area contributed by atoms with E-state index < -0.39 is 23.4 Å². The second kappa shape index (κ2) is 8.95. The second-order valence-corrected chi connectivity index (χ2v) is 9.75. The number of amides is 1. The molecule has 1 amide bonds. The Labute approximate surface area is 194 Å². The van der Waals surface area contributed by atoms with Gasteiger partial charge in [-0.25, -0.2) is 9.59 Å². The highest BCUT2D eigenvalue weighted by Gasteiger charge is 2.33. The number of hydrogen-bond acceptors (Lipinski definition) is 9. The first-order valence-electron chi connectivity index (χ1n) is 10.6. The monoisotopic (exact) mass is 470 g/mol. The number of fused-ring (bicyclic) bond motifs is 1. The predicted octanol–water partition coefficient (Wildman–Crippen LogP) is 3.57. The van der Waals surface area contributed by atoms with Crippen molar-refractivity contribution >= 4 is 45.8 Å². The SMILES string of the molecule is Cc1c(NC(=O)OC(C)(C)C)ccc2nc(N3CCNCC3C(=O)c3cccs3)oc(=O)c12. The number of thiophene rings is 1. The van der Waals surface area contributed by atoms with Gasteiger partial charge in [0.25, 0.3) is 0 Å². The molecule has 3 heterocycles. The summed E-state index contributed by atoms with van der Waals surface area (Å²) >= 11 is 1.38. The lowest BCUT2D eigenvalue weighted by Gasteiger charge is -2.34. The van der Waals surface area contributed by atoms with E-state index in [0.717, 1.165) is 0 Å². The fourth-order valence-corrected chi connectivity index (χ4v) is 4.44. The largest absolute Gasteiger partial charge is 0.444 e. The zero-order valence-corrected chi connectivity index (χ0v) is 19.7. The highest BCUT2D eigenvalue weighted by Crippen LogP contribution is 2.26. The quantitative estimate of drug-likeness (QED) is 0.557. The Morgan fingerprint density at radius 2 is 2.09 bits per heavy atom. The van der Waals surface area contributed by atoms with E-state index in [1.165, 1.54) is 11.3 Å². The summed E-state index contributed by atoms with van der Waals surface area (Å²) in [6.07, 6.45) is -0.616. The van der Waals surface area contributed by atoms with Crippen LogP contribution in [0.5, 0.6) is 0 Å². The number of rotatable bonds is 4. The summed E-state index contributed by atoms with van der Waals surface area (Å²) in [4.78, 5) is 45.1. The second-order valence-electron chi connectivity index (χ2n) is 8.80. The molecule has 1 unspecified atom stereocenters. The molecule has 0 bridgehead atoms. The Balaban J connectivity index is 1.67. The van der Waals surface area contributed by atoms with E-state index in [0.29, 0.717) is 41.3 Å². The fourth-order valence-electron chi connectivity index (χ4n) is 3.73. The van der Waals surface area contributed by atoms with Gasteiger partial charge in [-0.3, -0.25) is 10.1 Å². The number of aromatic nitrogens is 1. The minimum Gasteiger partial charge on any atom is -0.444 e. The molecule has 0 spiro atoms. The third kappa shape index (κ3) is 4.91. The molecule has 9 nitrogen and oxygen atoms in total. The summed E-state index contributed by atoms with van der Waals surface area (Å²) in [7, 11) is 0.